The zero-order valence-corrected chi connectivity index (χ0v) is 21.6. The van der Waals surface area contributed by atoms with Crippen LogP contribution in [0.5, 0.6) is 5.75 Å². The van der Waals surface area contributed by atoms with Crippen molar-refractivity contribution in [2.75, 3.05) is 26.7 Å². The van der Waals surface area contributed by atoms with E-state index in [1.54, 1.807) is 7.05 Å². The fraction of sp³-hybridized carbons (Fsp3) is 0.440. The predicted octanol–water partition coefficient (Wildman–Crippen LogP) is 4.50. The molecule has 1 heterocycles. The van der Waals surface area contributed by atoms with Gasteiger partial charge in [-0.15, -0.1) is 24.0 Å². The maximum atomic E-state index is 12.8. The lowest BCUT2D eigenvalue weighted by atomic mass is 10.1. The maximum absolute atomic E-state index is 12.8. The van der Waals surface area contributed by atoms with Crippen LogP contribution in [0.25, 0.3) is 0 Å². The van der Waals surface area contributed by atoms with Crippen molar-refractivity contribution >= 4 is 35.8 Å². The molecule has 1 aliphatic heterocycles. The summed E-state index contributed by atoms with van der Waals surface area (Å²) in [5.41, 5.74) is 4.07. The molecule has 1 aliphatic rings. The van der Waals surface area contributed by atoms with Gasteiger partial charge >= 0.3 is 0 Å². The van der Waals surface area contributed by atoms with Crippen LogP contribution in [-0.4, -0.2) is 43.5 Å². The Hall–Kier alpha value is -2.29. The summed E-state index contributed by atoms with van der Waals surface area (Å²) in [4.78, 5) is 19.1. The van der Waals surface area contributed by atoms with Crippen molar-refractivity contribution in [1.29, 1.82) is 0 Å². The monoisotopic (exact) mass is 550 g/mol. The van der Waals surface area contributed by atoms with Crippen LogP contribution in [0, 0.1) is 6.92 Å². The van der Waals surface area contributed by atoms with Gasteiger partial charge in [-0.2, -0.15) is 0 Å². The number of guanidine groups is 1. The summed E-state index contributed by atoms with van der Waals surface area (Å²) in [6, 6.07) is 14.1. The average Bonchev–Trinajstić information content (AvgIpc) is 2.81. The number of ether oxygens (including phenoxy) is 1. The number of nitrogens with one attached hydrogen (secondary N) is 2. The van der Waals surface area contributed by atoms with Crippen LogP contribution < -0.4 is 15.4 Å². The molecule has 1 saturated heterocycles. The number of likely N-dealkylation sites (tertiary alicyclic amines) is 1. The quantitative estimate of drug-likeness (QED) is 0.303. The molecule has 0 saturated carbocycles. The Morgan fingerprint density at radius 1 is 1.06 bits per heavy atom. The van der Waals surface area contributed by atoms with E-state index in [1.165, 1.54) is 12.0 Å². The minimum Gasteiger partial charge on any atom is -0.494 e. The smallest absolute Gasteiger partial charge is 0.253 e. The molecule has 2 aromatic carbocycles. The van der Waals surface area contributed by atoms with Gasteiger partial charge in [-0.25, -0.2) is 0 Å². The zero-order chi connectivity index (χ0) is 22.1. The van der Waals surface area contributed by atoms with Gasteiger partial charge in [-0.05, 0) is 62.4 Å². The van der Waals surface area contributed by atoms with E-state index in [0.717, 1.165) is 48.4 Å². The van der Waals surface area contributed by atoms with E-state index in [2.05, 4.69) is 40.7 Å². The summed E-state index contributed by atoms with van der Waals surface area (Å²) in [7, 11) is 1.75. The Kier molecular flexibility index (Phi) is 10.8. The topological polar surface area (TPSA) is 66.0 Å². The van der Waals surface area contributed by atoms with E-state index in [1.807, 2.05) is 36.1 Å². The molecule has 174 valence electrons. The molecule has 3 rings (SSSR count). The number of benzene rings is 2. The molecule has 0 bridgehead atoms. The Labute approximate surface area is 208 Å². The molecule has 6 nitrogen and oxygen atoms in total. The minimum absolute atomic E-state index is 0. The highest BCUT2D eigenvalue weighted by atomic mass is 127. The number of aliphatic imine (C=N–C) groups is 1. The van der Waals surface area contributed by atoms with E-state index in [-0.39, 0.29) is 29.9 Å². The second-order valence-corrected chi connectivity index (χ2v) is 7.88. The summed E-state index contributed by atoms with van der Waals surface area (Å²) in [6.07, 6.45) is 3.41. The van der Waals surface area contributed by atoms with E-state index in [4.69, 9.17) is 4.74 Å². The van der Waals surface area contributed by atoms with Crippen LogP contribution in [0.1, 0.15) is 53.2 Å². The van der Waals surface area contributed by atoms with Gasteiger partial charge < -0.3 is 20.3 Å². The number of aryl methyl sites for hydroxylation is 1. The summed E-state index contributed by atoms with van der Waals surface area (Å²) in [5.74, 6) is 1.73. The molecule has 0 atom stereocenters. The number of piperidine rings is 1. The number of halogens is 1. The summed E-state index contributed by atoms with van der Waals surface area (Å²) in [6.45, 7) is 7.61. The molecular formula is C25H35IN4O2. The first kappa shape index (κ1) is 26.0. The molecule has 1 fully saturated rings. The molecule has 2 aromatic rings. The van der Waals surface area contributed by atoms with Gasteiger partial charge in [-0.3, -0.25) is 9.79 Å². The van der Waals surface area contributed by atoms with Crippen molar-refractivity contribution < 1.29 is 9.53 Å². The molecular weight excluding hydrogens is 515 g/mol. The van der Waals surface area contributed by atoms with Crippen molar-refractivity contribution in [3.8, 4) is 5.75 Å². The third-order valence-corrected chi connectivity index (χ3v) is 5.47. The van der Waals surface area contributed by atoms with Crippen molar-refractivity contribution in [3.05, 3.63) is 64.7 Å². The van der Waals surface area contributed by atoms with Gasteiger partial charge in [0, 0.05) is 44.4 Å². The van der Waals surface area contributed by atoms with Crippen molar-refractivity contribution in [3.63, 3.8) is 0 Å². The highest BCUT2D eigenvalue weighted by Crippen LogP contribution is 2.20. The second-order valence-electron chi connectivity index (χ2n) is 7.88. The highest BCUT2D eigenvalue weighted by molar-refractivity contribution is 14.0. The average molecular weight is 550 g/mol. The van der Waals surface area contributed by atoms with Crippen molar-refractivity contribution in [1.82, 2.24) is 15.5 Å². The second kappa shape index (κ2) is 13.3. The number of nitrogens with zero attached hydrogens (tertiary/aromatic N) is 2. The van der Waals surface area contributed by atoms with Crippen LogP contribution in [-0.2, 0) is 13.1 Å². The Balaban J connectivity index is 0.00000363. The number of carbonyl (C=O) groups excluding carboxylic acids is 1. The van der Waals surface area contributed by atoms with Crippen LogP contribution in [0.3, 0.4) is 0 Å². The third-order valence-electron chi connectivity index (χ3n) is 5.47. The van der Waals surface area contributed by atoms with E-state index < -0.39 is 0 Å². The predicted molar refractivity (Wildman–Crippen MR) is 141 cm³/mol. The fourth-order valence-corrected chi connectivity index (χ4v) is 3.78. The molecule has 2 N–H and O–H groups in total. The largest absolute Gasteiger partial charge is 0.494 e. The molecule has 0 radical (unpaired) electrons. The lowest BCUT2D eigenvalue weighted by molar-refractivity contribution is 0.0724. The van der Waals surface area contributed by atoms with Gasteiger partial charge in [0.05, 0.1) is 6.61 Å². The molecule has 0 unspecified atom stereocenters. The van der Waals surface area contributed by atoms with Crippen LogP contribution in [0.2, 0.25) is 0 Å². The number of carbonyl (C=O) groups is 1. The molecule has 0 aliphatic carbocycles. The van der Waals surface area contributed by atoms with Gasteiger partial charge in [-0.1, -0.05) is 24.3 Å². The van der Waals surface area contributed by atoms with Crippen molar-refractivity contribution in [2.24, 2.45) is 4.99 Å². The minimum atomic E-state index is 0. The Morgan fingerprint density at radius 3 is 2.53 bits per heavy atom. The Morgan fingerprint density at radius 2 is 1.81 bits per heavy atom. The first-order valence-corrected chi connectivity index (χ1v) is 11.2. The lowest BCUT2D eigenvalue weighted by Gasteiger charge is -2.26. The van der Waals surface area contributed by atoms with Gasteiger partial charge in [0.1, 0.15) is 5.75 Å². The first-order chi connectivity index (χ1) is 15.1. The molecule has 0 aromatic heterocycles. The maximum Gasteiger partial charge on any atom is 0.253 e. The SMILES string of the molecule is CCOc1cc(C)ccc1CNC(=NC)NCc1cccc(C(=O)N2CCCCC2)c1.I. The summed E-state index contributed by atoms with van der Waals surface area (Å²) < 4.78 is 5.76. The lowest BCUT2D eigenvalue weighted by Crippen LogP contribution is -2.37. The number of rotatable bonds is 7. The van der Waals surface area contributed by atoms with E-state index >= 15 is 0 Å². The third kappa shape index (κ3) is 7.39. The van der Waals surface area contributed by atoms with Crippen LogP contribution in [0.4, 0.5) is 0 Å². The standard InChI is InChI=1S/C25H34N4O2.HI/c1-4-31-23-15-19(2)11-12-22(23)18-28-25(26-3)27-17-20-9-8-10-21(16-20)24(30)29-13-6-5-7-14-29;/h8-12,15-16H,4-7,13-14,17-18H2,1-3H3,(H2,26,27,28);1H. The normalized spacial score (nSPS) is 13.8. The highest BCUT2D eigenvalue weighted by Gasteiger charge is 2.18. The fourth-order valence-electron chi connectivity index (χ4n) is 3.78. The van der Waals surface area contributed by atoms with Crippen molar-refractivity contribution in [2.45, 2.75) is 46.2 Å². The van der Waals surface area contributed by atoms with Gasteiger partial charge in [0.15, 0.2) is 5.96 Å². The molecule has 0 spiro atoms. The van der Waals surface area contributed by atoms with Crippen LogP contribution in [0.15, 0.2) is 47.5 Å². The Bertz CT molecular complexity index is 911. The summed E-state index contributed by atoms with van der Waals surface area (Å²) in [5, 5.41) is 6.68. The molecule has 7 heteroatoms. The number of hydrogen-bond acceptors (Lipinski definition) is 3. The van der Waals surface area contributed by atoms with Gasteiger partial charge in [0.25, 0.3) is 5.91 Å². The summed E-state index contributed by atoms with van der Waals surface area (Å²) >= 11 is 0. The number of hydrogen-bond donors (Lipinski definition) is 2. The van der Waals surface area contributed by atoms with E-state index in [0.29, 0.717) is 25.7 Å². The molecule has 1 amide bonds. The zero-order valence-electron chi connectivity index (χ0n) is 19.3. The first-order valence-electron chi connectivity index (χ1n) is 11.2. The number of amides is 1. The van der Waals surface area contributed by atoms with Crippen LogP contribution >= 0.6 is 24.0 Å². The molecule has 32 heavy (non-hydrogen) atoms. The van der Waals surface area contributed by atoms with Gasteiger partial charge in [0.2, 0.25) is 0 Å². The van der Waals surface area contributed by atoms with E-state index in [9.17, 15) is 4.79 Å².